The van der Waals surface area contributed by atoms with Crippen LogP contribution in [-0.4, -0.2) is 24.7 Å². The maximum Gasteiger partial charge on any atom is 0.124 e. The zero-order valence-corrected chi connectivity index (χ0v) is 12.9. The van der Waals surface area contributed by atoms with E-state index in [1.165, 1.54) is 6.07 Å². The second-order valence-corrected chi connectivity index (χ2v) is 5.75. The first-order chi connectivity index (χ1) is 9.19. The normalized spacial score (nSPS) is 12.4. The molecule has 108 valence electrons. The van der Waals surface area contributed by atoms with Crippen molar-refractivity contribution in [3.8, 4) is 5.75 Å². The minimum absolute atomic E-state index is 0.0979. The molecule has 19 heavy (non-hydrogen) atoms. The second kappa shape index (κ2) is 9.21. The molecule has 0 spiro atoms. The fourth-order valence-corrected chi connectivity index (χ4v) is 2.50. The van der Waals surface area contributed by atoms with Gasteiger partial charge in [-0.25, -0.2) is 4.39 Å². The number of hydrogen-bond donors (Lipinski definition) is 1. The van der Waals surface area contributed by atoms with Gasteiger partial charge in [0.1, 0.15) is 11.6 Å². The molecule has 4 heteroatoms. The van der Waals surface area contributed by atoms with Gasteiger partial charge in [-0.15, -0.1) is 0 Å². The fraction of sp³-hybridized carbons (Fsp3) is 0.600. The Morgan fingerprint density at radius 3 is 2.84 bits per heavy atom. The average molecular weight is 285 g/mol. The number of ether oxygens (including phenoxy) is 1. The minimum Gasteiger partial charge on any atom is -0.493 e. The van der Waals surface area contributed by atoms with Gasteiger partial charge in [0.15, 0.2) is 0 Å². The van der Waals surface area contributed by atoms with E-state index < -0.39 is 0 Å². The summed E-state index contributed by atoms with van der Waals surface area (Å²) in [5.41, 5.74) is 0.894. The van der Waals surface area contributed by atoms with Crippen molar-refractivity contribution in [1.29, 1.82) is 0 Å². The number of hydrogen-bond acceptors (Lipinski definition) is 3. The highest BCUT2D eigenvalue weighted by Crippen LogP contribution is 2.26. The summed E-state index contributed by atoms with van der Waals surface area (Å²) in [7, 11) is 0. The Bertz CT molecular complexity index is 373. The van der Waals surface area contributed by atoms with Gasteiger partial charge in [0.2, 0.25) is 0 Å². The molecule has 0 aliphatic carbocycles. The number of rotatable bonds is 9. The standard InChI is InChI=1S/C15H24FNOS/c1-4-17-12(3)14-11-13(16)7-8-15(14)18-9-6-10-19-5-2/h7-8,11-12,17H,4-6,9-10H2,1-3H3. The fourth-order valence-electron chi connectivity index (χ4n) is 1.89. The van der Waals surface area contributed by atoms with Gasteiger partial charge in [-0.05, 0) is 49.6 Å². The van der Waals surface area contributed by atoms with E-state index in [1.807, 2.05) is 25.6 Å². The Hall–Kier alpha value is -0.740. The van der Waals surface area contributed by atoms with Gasteiger partial charge in [0.25, 0.3) is 0 Å². The summed E-state index contributed by atoms with van der Waals surface area (Å²) in [6, 6.07) is 4.84. The maximum absolute atomic E-state index is 13.3. The Kier molecular flexibility index (Phi) is 7.91. The summed E-state index contributed by atoms with van der Waals surface area (Å²) in [5.74, 6) is 2.82. The lowest BCUT2D eigenvalue weighted by Crippen LogP contribution is -2.19. The van der Waals surface area contributed by atoms with Crippen LogP contribution in [-0.2, 0) is 0 Å². The van der Waals surface area contributed by atoms with Crippen LogP contribution in [0.2, 0.25) is 0 Å². The van der Waals surface area contributed by atoms with Crippen LogP contribution < -0.4 is 10.1 Å². The van der Waals surface area contributed by atoms with Gasteiger partial charge >= 0.3 is 0 Å². The Labute approximate surface area is 120 Å². The van der Waals surface area contributed by atoms with Crippen molar-refractivity contribution in [3.05, 3.63) is 29.6 Å². The van der Waals surface area contributed by atoms with Crippen molar-refractivity contribution in [2.45, 2.75) is 33.2 Å². The molecule has 2 nitrogen and oxygen atoms in total. The summed E-state index contributed by atoms with van der Waals surface area (Å²) in [6.45, 7) is 7.76. The lowest BCUT2D eigenvalue weighted by Gasteiger charge is -2.17. The van der Waals surface area contributed by atoms with Crippen LogP contribution in [0.5, 0.6) is 5.75 Å². The molecule has 1 atom stereocenters. The molecule has 1 aromatic carbocycles. The van der Waals surface area contributed by atoms with Crippen molar-refractivity contribution in [3.63, 3.8) is 0 Å². The van der Waals surface area contributed by atoms with Crippen molar-refractivity contribution in [2.75, 3.05) is 24.7 Å². The van der Waals surface area contributed by atoms with Crippen LogP contribution in [0.15, 0.2) is 18.2 Å². The number of benzene rings is 1. The molecule has 0 aromatic heterocycles. The van der Waals surface area contributed by atoms with Gasteiger partial charge in [0.05, 0.1) is 6.61 Å². The summed E-state index contributed by atoms with van der Waals surface area (Å²) < 4.78 is 19.1. The number of thioether (sulfide) groups is 1. The van der Waals surface area contributed by atoms with Crippen molar-refractivity contribution >= 4 is 11.8 Å². The predicted octanol–water partition coefficient (Wildman–Crippen LogP) is 4.02. The SMILES string of the molecule is CCNC(C)c1cc(F)ccc1OCCCSCC. The summed E-state index contributed by atoms with van der Waals surface area (Å²) in [6.07, 6.45) is 1.02. The Balaban J connectivity index is 2.60. The first-order valence-corrected chi connectivity index (χ1v) is 8.07. The molecule has 0 radical (unpaired) electrons. The van der Waals surface area contributed by atoms with E-state index in [1.54, 1.807) is 12.1 Å². The van der Waals surface area contributed by atoms with Gasteiger partial charge in [-0.3, -0.25) is 0 Å². The van der Waals surface area contributed by atoms with Crippen LogP contribution in [0, 0.1) is 5.82 Å². The zero-order chi connectivity index (χ0) is 14.1. The summed E-state index contributed by atoms with van der Waals surface area (Å²) >= 11 is 1.91. The third kappa shape index (κ3) is 5.83. The predicted molar refractivity (Wildman–Crippen MR) is 81.6 cm³/mol. The molecule has 0 aliphatic rings. The number of nitrogens with one attached hydrogen (secondary N) is 1. The number of halogens is 1. The molecule has 0 aliphatic heterocycles. The molecule has 1 aromatic rings. The topological polar surface area (TPSA) is 21.3 Å². The maximum atomic E-state index is 13.3. The van der Waals surface area contributed by atoms with E-state index in [4.69, 9.17) is 4.74 Å². The lowest BCUT2D eigenvalue weighted by atomic mass is 10.1. The van der Waals surface area contributed by atoms with Crippen LogP contribution in [0.25, 0.3) is 0 Å². The average Bonchev–Trinajstić information content (AvgIpc) is 2.40. The van der Waals surface area contributed by atoms with Gasteiger partial charge < -0.3 is 10.1 Å². The highest BCUT2D eigenvalue weighted by molar-refractivity contribution is 7.99. The first-order valence-electron chi connectivity index (χ1n) is 6.92. The molecule has 0 heterocycles. The molecular weight excluding hydrogens is 261 g/mol. The summed E-state index contributed by atoms with van der Waals surface area (Å²) in [4.78, 5) is 0. The van der Waals surface area contributed by atoms with E-state index in [0.29, 0.717) is 6.61 Å². The van der Waals surface area contributed by atoms with Crippen molar-refractivity contribution in [2.24, 2.45) is 0 Å². The van der Waals surface area contributed by atoms with E-state index >= 15 is 0 Å². The second-order valence-electron chi connectivity index (χ2n) is 4.36. The van der Waals surface area contributed by atoms with Gasteiger partial charge in [-0.2, -0.15) is 11.8 Å². The first kappa shape index (κ1) is 16.3. The smallest absolute Gasteiger partial charge is 0.124 e. The molecule has 1 rings (SSSR count). The van der Waals surface area contributed by atoms with Gasteiger partial charge in [-0.1, -0.05) is 13.8 Å². The monoisotopic (exact) mass is 285 g/mol. The molecule has 1 N–H and O–H groups in total. The molecule has 0 saturated heterocycles. The van der Waals surface area contributed by atoms with Crippen LogP contribution in [0.4, 0.5) is 4.39 Å². The largest absolute Gasteiger partial charge is 0.493 e. The van der Waals surface area contributed by atoms with Crippen LogP contribution >= 0.6 is 11.8 Å². The van der Waals surface area contributed by atoms with Crippen LogP contribution in [0.3, 0.4) is 0 Å². The minimum atomic E-state index is -0.214. The quantitative estimate of drug-likeness (QED) is 0.692. The molecule has 0 fully saturated rings. The van der Waals surface area contributed by atoms with E-state index in [2.05, 4.69) is 12.2 Å². The third-order valence-electron chi connectivity index (χ3n) is 2.84. The van der Waals surface area contributed by atoms with Crippen molar-refractivity contribution in [1.82, 2.24) is 5.32 Å². The third-order valence-corrected chi connectivity index (χ3v) is 3.83. The summed E-state index contributed by atoms with van der Waals surface area (Å²) in [5, 5.41) is 3.29. The zero-order valence-electron chi connectivity index (χ0n) is 12.0. The van der Waals surface area contributed by atoms with E-state index in [-0.39, 0.29) is 11.9 Å². The van der Waals surface area contributed by atoms with Gasteiger partial charge in [0, 0.05) is 11.6 Å². The molecule has 1 unspecified atom stereocenters. The molecule has 0 saturated carbocycles. The van der Waals surface area contributed by atoms with Crippen molar-refractivity contribution < 1.29 is 9.13 Å². The molecular formula is C15H24FNOS. The highest BCUT2D eigenvalue weighted by Gasteiger charge is 2.12. The Morgan fingerprint density at radius 2 is 2.16 bits per heavy atom. The van der Waals surface area contributed by atoms with E-state index in [0.717, 1.165) is 35.8 Å². The lowest BCUT2D eigenvalue weighted by molar-refractivity contribution is 0.311. The molecule has 0 amide bonds. The molecule has 0 bridgehead atoms. The van der Waals surface area contributed by atoms with Crippen LogP contribution in [0.1, 0.15) is 38.8 Å². The highest BCUT2D eigenvalue weighted by atomic mass is 32.2. The Morgan fingerprint density at radius 1 is 1.37 bits per heavy atom. The van der Waals surface area contributed by atoms with E-state index in [9.17, 15) is 4.39 Å².